The van der Waals surface area contributed by atoms with Crippen molar-refractivity contribution < 1.29 is 9.26 Å². The summed E-state index contributed by atoms with van der Waals surface area (Å²) >= 11 is 0. The minimum Gasteiger partial charge on any atom is -0.370 e. The molecule has 0 saturated heterocycles. The van der Waals surface area contributed by atoms with Crippen LogP contribution in [0.4, 0.5) is 0 Å². The summed E-state index contributed by atoms with van der Waals surface area (Å²) in [5.41, 5.74) is 5.17. The highest BCUT2D eigenvalue weighted by Crippen LogP contribution is 2.30. The van der Waals surface area contributed by atoms with Crippen molar-refractivity contribution in [3.8, 4) is 0 Å². The van der Waals surface area contributed by atoms with Gasteiger partial charge in [0.15, 0.2) is 0 Å². The molecule has 0 aliphatic heterocycles. The van der Waals surface area contributed by atoms with Crippen molar-refractivity contribution in [2.45, 2.75) is 52.1 Å². The van der Waals surface area contributed by atoms with Crippen LogP contribution in [0.15, 0.2) is 4.52 Å². The molecule has 1 rings (SSSR count). The van der Waals surface area contributed by atoms with Crippen LogP contribution in [0.25, 0.3) is 0 Å². The maximum atomic E-state index is 5.59. The van der Waals surface area contributed by atoms with Crippen molar-refractivity contribution >= 4 is 0 Å². The zero-order valence-corrected chi connectivity index (χ0v) is 11.9. The van der Waals surface area contributed by atoms with E-state index < -0.39 is 5.60 Å². The van der Waals surface area contributed by atoms with Crippen LogP contribution in [0.2, 0.25) is 0 Å². The summed E-state index contributed by atoms with van der Waals surface area (Å²) in [7, 11) is 1.69. The molecule has 0 aliphatic rings. The zero-order chi connectivity index (χ0) is 13.6. The summed E-state index contributed by atoms with van der Waals surface area (Å²) in [6, 6.07) is 0. The third-order valence-electron chi connectivity index (χ3n) is 3.66. The van der Waals surface area contributed by atoms with Gasteiger partial charge in [-0.1, -0.05) is 25.9 Å². The highest BCUT2D eigenvalue weighted by atomic mass is 16.5. The number of aryl methyl sites for hydroxylation is 1. The lowest BCUT2D eigenvalue weighted by Gasteiger charge is -2.25. The van der Waals surface area contributed by atoms with Crippen molar-refractivity contribution in [3.63, 3.8) is 0 Å². The Balaban J connectivity index is 2.72. The Bertz CT molecular complexity index is 339. The predicted molar refractivity (Wildman–Crippen MR) is 70.1 cm³/mol. The molecule has 0 bridgehead atoms. The molecular weight excluding hydrogens is 230 g/mol. The largest absolute Gasteiger partial charge is 0.370 e. The van der Waals surface area contributed by atoms with Gasteiger partial charge >= 0.3 is 0 Å². The van der Waals surface area contributed by atoms with Crippen molar-refractivity contribution in [2.24, 2.45) is 11.7 Å². The summed E-state index contributed by atoms with van der Waals surface area (Å²) < 4.78 is 10.9. The van der Waals surface area contributed by atoms with Crippen LogP contribution in [-0.2, 0) is 16.8 Å². The van der Waals surface area contributed by atoms with Gasteiger partial charge in [0.25, 0.3) is 0 Å². The molecule has 1 heterocycles. The Labute approximate surface area is 109 Å². The second-order valence-electron chi connectivity index (χ2n) is 4.80. The van der Waals surface area contributed by atoms with Gasteiger partial charge in [-0.3, -0.25) is 0 Å². The fourth-order valence-electron chi connectivity index (χ4n) is 1.98. The van der Waals surface area contributed by atoms with E-state index >= 15 is 0 Å². The average molecular weight is 255 g/mol. The third kappa shape index (κ3) is 3.29. The van der Waals surface area contributed by atoms with E-state index in [1.807, 2.05) is 0 Å². The first-order valence-corrected chi connectivity index (χ1v) is 6.70. The van der Waals surface area contributed by atoms with Crippen LogP contribution in [0.5, 0.6) is 0 Å². The third-order valence-corrected chi connectivity index (χ3v) is 3.66. The number of rotatable bonds is 8. The van der Waals surface area contributed by atoms with Gasteiger partial charge in [0.1, 0.15) is 5.60 Å². The summed E-state index contributed by atoms with van der Waals surface area (Å²) in [5.74, 6) is 1.81. The van der Waals surface area contributed by atoms with Crippen LogP contribution in [-0.4, -0.2) is 23.8 Å². The summed E-state index contributed by atoms with van der Waals surface area (Å²) in [5, 5.41) is 4.06. The summed E-state index contributed by atoms with van der Waals surface area (Å²) in [4.78, 5) is 4.46. The molecule has 2 N–H and O–H groups in total. The molecule has 1 aromatic rings. The number of methoxy groups -OCH3 is 1. The Kier molecular flexibility index (Phi) is 5.75. The molecule has 0 radical (unpaired) electrons. The van der Waals surface area contributed by atoms with E-state index in [-0.39, 0.29) is 0 Å². The molecule has 0 spiro atoms. The van der Waals surface area contributed by atoms with E-state index in [1.54, 1.807) is 7.11 Å². The molecule has 5 heteroatoms. The highest BCUT2D eigenvalue weighted by molar-refractivity contribution is 5.01. The fourth-order valence-corrected chi connectivity index (χ4v) is 1.98. The second kappa shape index (κ2) is 6.85. The number of hydrogen-bond acceptors (Lipinski definition) is 5. The van der Waals surface area contributed by atoms with Gasteiger partial charge < -0.3 is 15.0 Å². The molecule has 18 heavy (non-hydrogen) atoms. The van der Waals surface area contributed by atoms with E-state index in [0.717, 1.165) is 25.7 Å². The van der Waals surface area contributed by atoms with Gasteiger partial charge in [-0.25, -0.2) is 0 Å². The SMILES string of the molecule is CCC(CC)(OC)c1noc(CCC(C)CN)n1. The molecule has 104 valence electrons. The molecular formula is C13H25N3O2. The molecule has 0 aliphatic carbocycles. The van der Waals surface area contributed by atoms with Crippen LogP contribution in [0, 0.1) is 5.92 Å². The maximum absolute atomic E-state index is 5.59. The zero-order valence-electron chi connectivity index (χ0n) is 11.9. The Hall–Kier alpha value is -0.940. The number of nitrogens with zero attached hydrogens (tertiary/aromatic N) is 2. The number of nitrogens with two attached hydrogens (primary N) is 1. The molecule has 0 amide bonds. The van der Waals surface area contributed by atoms with Crippen molar-refractivity contribution in [2.75, 3.05) is 13.7 Å². The molecule has 1 atom stereocenters. The van der Waals surface area contributed by atoms with Crippen LogP contribution >= 0.6 is 0 Å². The standard InChI is InChI=1S/C13H25N3O2/c1-5-13(6-2,17-4)12-15-11(18-16-12)8-7-10(3)9-14/h10H,5-9,14H2,1-4H3. The minimum atomic E-state index is -0.415. The summed E-state index contributed by atoms with van der Waals surface area (Å²) in [6.45, 7) is 6.95. The highest BCUT2D eigenvalue weighted by Gasteiger charge is 2.33. The lowest BCUT2D eigenvalue weighted by Crippen LogP contribution is -2.28. The quantitative estimate of drug-likeness (QED) is 0.771. The number of ether oxygens (including phenoxy) is 1. The van der Waals surface area contributed by atoms with Crippen LogP contribution in [0.3, 0.4) is 0 Å². The maximum Gasteiger partial charge on any atom is 0.226 e. The van der Waals surface area contributed by atoms with Gasteiger partial charge in [-0.2, -0.15) is 4.98 Å². The second-order valence-corrected chi connectivity index (χ2v) is 4.80. The van der Waals surface area contributed by atoms with Crippen molar-refractivity contribution in [3.05, 3.63) is 11.7 Å². The number of hydrogen-bond donors (Lipinski definition) is 1. The van der Waals surface area contributed by atoms with E-state index in [1.165, 1.54) is 0 Å². The Morgan fingerprint density at radius 1 is 1.39 bits per heavy atom. The Morgan fingerprint density at radius 2 is 2.06 bits per heavy atom. The Morgan fingerprint density at radius 3 is 2.56 bits per heavy atom. The average Bonchev–Trinajstić information content (AvgIpc) is 2.88. The first-order valence-electron chi connectivity index (χ1n) is 6.70. The topological polar surface area (TPSA) is 74.2 Å². The monoisotopic (exact) mass is 255 g/mol. The fraction of sp³-hybridized carbons (Fsp3) is 0.846. The number of aromatic nitrogens is 2. The smallest absolute Gasteiger partial charge is 0.226 e. The van der Waals surface area contributed by atoms with E-state index in [4.69, 9.17) is 15.0 Å². The predicted octanol–water partition coefficient (Wildman–Crippen LogP) is 2.26. The molecule has 5 nitrogen and oxygen atoms in total. The van der Waals surface area contributed by atoms with E-state index in [2.05, 4.69) is 30.9 Å². The minimum absolute atomic E-state index is 0.415. The normalized spacial score (nSPS) is 13.8. The van der Waals surface area contributed by atoms with Gasteiger partial charge in [-0.15, -0.1) is 0 Å². The van der Waals surface area contributed by atoms with Crippen molar-refractivity contribution in [1.29, 1.82) is 0 Å². The van der Waals surface area contributed by atoms with Crippen molar-refractivity contribution in [1.82, 2.24) is 10.1 Å². The molecule has 0 aromatic carbocycles. The molecule has 1 unspecified atom stereocenters. The van der Waals surface area contributed by atoms with Gasteiger partial charge in [-0.05, 0) is 31.7 Å². The molecule has 0 fully saturated rings. The molecule has 0 saturated carbocycles. The summed E-state index contributed by atoms with van der Waals surface area (Å²) in [6.07, 6.45) is 3.41. The first kappa shape index (κ1) is 15.1. The van der Waals surface area contributed by atoms with Gasteiger partial charge in [0.05, 0.1) is 0 Å². The van der Waals surface area contributed by atoms with Crippen LogP contribution < -0.4 is 5.73 Å². The molecule has 1 aromatic heterocycles. The van der Waals surface area contributed by atoms with E-state index in [0.29, 0.717) is 24.2 Å². The van der Waals surface area contributed by atoms with Crippen LogP contribution in [0.1, 0.15) is 51.7 Å². The van der Waals surface area contributed by atoms with Gasteiger partial charge in [0.2, 0.25) is 11.7 Å². The van der Waals surface area contributed by atoms with E-state index in [9.17, 15) is 0 Å². The lowest BCUT2D eigenvalue weighted by atomic mass is 9.96. The first-order chi connectivity index (χ1) is 8.61. The van der Waals surface area contributed by atoms with Gasteiger partial charge in [0, 0.05) is 13.5 Å². The lowest BCUT2D eigenvalue weighted by molar-refractivity contribution is -0.0306.